The molecule has 0 aliphatic rings. The van der Waals surface area contributed by atoms with Gasteiger partial charge < -0.3 is 19.3 Å². The fraction of sp³-hybridized carbons (Fsp3) is 1.00. The van der Waals surface area contributed by atoms with E-state index in [1.807, 2.05) is 0 Å². The first-order valence-electron chi connectivity index (χ1n) is 5.08. The summed E-state index contributed by atoms with van der Waals surface area (Å²) >= 11 is 0. The second kappa shape index (κ2) is 6.73. The lowest BCUT2D eigenvalue weighted by Crippen LogP contribution is -2.38. The van der Waals surface area contributed by atoms with Crippen LogP contribution in [0.4, 0.5) is 26.3 Å². The highest BCUT2D eigenvalue weighted by Gasteiger charge is 2.41. The number of ether oxygens (including phenoxy) is 3. The average molecular weight is 300 g/mol. The smallest absolute Gasteiger partial charge is 0.370 e. The summed E-state index contributed by atoms with van der Waals surface area (Å²) in [6.45, 7) is -2.39. The van der Waals surface area contributed by atoms with Crippen molar-refractivity contribution < 1.29 is 45.7 Å². The van der Waals surface area contributed by atoms with Gasteiger partial charge in [-0.25, -0.2) is 0 Å². The molecule has 116 valence electrons. The molecule has 10 heteroatoms. The summed E-state index contributed by atoms with van der Waals surface area (Å²) in [5.74, 6) is 0. The highest BCUT2D eigenvalue weighted by molar-refractivity contribution is 4.58. The normalized spacial score (nSPS) is 14.2. The van der Waals surface area contributed by atoms with Crippen LogP contribution in [0.3, 0.4) is 0 Å². The maximum atomic E-state index is 12.9. The van der Waals surface area contributed by atoms with E-state index in [2.05, 4.69) is 14.2 Å². The van der Waals surface area contributed by atoms with Gasteiger partial charge in [-0.2, -0.15) is 26.3 Å². The maximum Gasteiger partial charge on any atom is 0.379 e. The van der Waals surface area contributed by atoms with Crippen molar-refractivity contribution in [2.45, 2.75) is 38.3 Å². The molecule has 0 unspecified atom stereocenters. The molecule has 0 aromatic rings. The standard InChI is InChI=1S/C9H14F6O4/c1-6(2)17-4-8(12,13)19-5-9(14,15)18-3-7(10,11)16/h6,16H,3-5H2,1-2H3. The number of aliphatic hydroxyl groups is 1. The fourth-order valence-electron chi connectivity index (χ4n) is 0.729. The van der Waals surface area contributed by atoms with Gasteiger partial charge in [0.05, 0.1) is 6.10 Å². The van der Waals surface area contributed by atoms with Gasteiger partial charge in [-0.15, -0.1) is 0 Å². The van der Waals surface area contributed by atoms with Gasteiger partial charge in [-0.3, -0.25) is 0 Å². The van der Waals surface area contributed by atoms with Crippen LogP contribution in [0.2, 0.25) is 0 Å². The number of halogens is 6. The number of hydrogen-bond acceptors (Lipinski definition) is 4. The van der Waals surface area contributed by atoms with Gasteiger partial charge in [0.25, 0.3) is 0 Å². The van der Waals surface area contributed by atoms with E-state index in [4.69, 9.17) is 5.11 Å². The van der Waals surface area contributed by atoms with Gasteiger partial charge in [0.15, 0.2) is 0 Å². The predicted octanol–water partition coefficient (Wildman–Crippen LogP) is 2.22. The second-order valence-electron chi connectivity index (χ2n) is 3.88. The summed E-state index contributed by atoms with van der Waals surface area (Å²) in [5.41, 5.74) is 0. The molecule has 0 bridgehead atoms. The molecule has 0 saturated carbocycles. The first kappa shape index (κ1) is 18.4. The fourth-order valence-corrected chi connectivity index (χ4v) is 0.729. The zero-order valence-electron chi connectivity index (χ0n) is 10.1. The Bertz CT molecular complexity index is 266. The number of rotatable bonds is 9. The summed E-state index contributed by atoms with van der Waals surface area (Å²) in [6.07, 6.45) is -13.5. The topological polar surface area (TPSA) is 47.9 Å². The summed E-state index contributed by atoms with van der Waals surface area (Å²) in [6, 6.07) is 0. The molecule has 0 amide bonds. The first-order chi connectivity index (χ1) is 8.33. The summed E-state index contributed by atoms with van der Waals surface area (Å²) in [7, 11) is 0. The second-order valence-corrected chi connectivity index (χ2v) is 3.88. The molecule has 0 aromatic heterocycles. The third-order valence-electron chi connectivity index (χ3n) is 1.49. The molecule has 0 radical (unpaired) electrons. The van der Waals surface area contributed by atoms with Gasteiger partial charge in [0.2, 0.25) is 0 Å². The lowest BCUT2D eigenvalue weighted by Gasteiger charge is -2.23. The molecule has 0 atom stereocenters. The van der Waals surface area contributed by atoms with E-state index in [-0.39, 0.29) is 0 Å². The Morgan fingerprint density at radius 1 is 0.842 bits per heavy atom. The van der Waals surface area contributed by atoms with Gasteiger partial charge in [0, 0.05) is 0 Å². The molecular formula is C9H14F6O4. The minimum Gasteiger partial charge on any atom is -0.370 e. The molecule has 0 fully saturated rings. The largest absolute Gasteiger partial charge is 0.379 e. The third-order valence-corrected chi connectivity index (χ3v) is 1.49. The van der Waals surface area contributed by atoms with Crippen LogP contribution >= 0.6 is 0 Å². The van der Waals surface area contributed by atoms with Crippen molar-refractivity contribution in [2.24, 2.45) is 0 Å². The minimum absolute atomic E-state index is 0.570. The number of alkyl halides is 6. The third kappa shape index (κ3) is 11.0. The monoisotopic (exact) mass is 300 g/mol. The van der Waals surface area contributed by atoms with E-state index in [1.165, 1.54) is 13.8 Å². The molecule has 19 heavy (non-hydrogen) atoms. The van der Waals surface area contributed by atoms with Gasteiger partial charge in [-0.1, -0.05) is 0 Å². The van der Waals surface area contributed by atoms with Crippen molar-refractivity contribution in [2.75, 3.05) is 19.8 Å². The van der Waals surface area contributed by atoms with Gasteiger partial charge in [0.1, 0.15) is 19.8 Å². The van der Waals surface area contributed by atoms with E-state index in [9.17, 15) is 26.3 Å². The first-order valence-corrected chi connectivity index (χ1v) is 5.08. The Labute approximate surface area is 105 Å². The van der Waals surface area contributed by atoms with Crippen LogP contribution in [0.15, 0.2) is 0 Å². The lowest BCUT2D eigenvalue weighted by atomic mass is 10.5. The molecule has 0 saturated heterocycles. The Hall–Kier alpha value is -0.580. The molecule has 1 N–H and O–H groups in total. The van der Waals surface area contributed by atoms with Crippen molar-refractivity contribution in [3.8, 4) is 0 Å². The Kier molecular flexibility index (Phi) is 6.52. The minimum atomic E-state index is -4.49. The van der Waals surface area contributed by atoms with Crippen molar-refractivity contribution in [1.82, 2.24) is 0 Å². The molecule has 0 aliphatic heterocycles. The van der Waals surface area contributed by atoms with E-state index in [0.717, 1.165) is 0 Å². The van der Waals surface area contributed by atoms with Crippen LogP contribution < -0.4 is 0 Å². The highest BCUT2D eigenvalue weighted by atomic mass is 19.3. The molecule has 0 spiro atoms. The highest BCUT2D eigenvalue weighted by Crippen LogP contribution is 2.24. The summed E-state index contributed by atoms with van der Waals surface area (Å²) in [4.78, 5) is 0. The molecule has 0 aromatic carbocycles. The Morgan fingerprint density at radius 2 is 1.26 bits per heavy atom. The van der Waals surface area contributed by atoms with Crippen molar-refractivity contribution in [3.63, 3.8) is 0 Å². The SMILES string of the molecule is CC(C)OCC(F)(F)OCC(F)(F)OCC(O)(F)F. The predicted molar refractivity (Wildman–Crippen MR) is 50.1 cm³/mol. The van der Waals surface area contributed by atoms with Gasteiger partial charge in [-0.05, 0) is 13.8 Å². The van der Waals surface area contributed by atoms with Crippen LogP contribution in [0.5, 0.6) is 0 Å². The van der Waals surface area contributed by atoms with Crippen molar-refractivity contribution in [3.05, 3.63) is 0 Å². The van der Waals surface area contributed by atoms with Crippen LogP contribution in [-0.4, -0.2) is 49.4 Å². The lowest BCUT2D eigenvalue weighted by molar-refractivity contribution is -0.354. The molecule has 0 heterocycles. The van der Waals surface area contributed by atoms with Crippen molar-refractivity contribution >= 4 is 0 Å². The molecule has 0 aliphatic carbocycles. The van der Waals surface area contributed by atoms with Crippen LogP contribution in [-0.2, 0) is 14.2 Å². The average Bonchev–Trinajstić information content (AvgIpc) is 2.21. The zero-order valence-corrected chi connectivity index (χ0v) is 10.1. The number of hydrogen-bond donors (Lipinski definition) is 1. The molecule has 0 rings (SSSR count). The van der Waals surface area contributed by atoms with Crippen molar-refractivity contribution in [1.29, 1.82) is 0 Å². The van der Waals surface area contributed by atoms with Gasteiger partial charge >= 0.3 is 18.3 Å². The summed E-state index contributed by atoms with van der Waals surface area (Å²) in [5, 5.41) is 7.85. The maximum absolute atomic E-state index is 12.9. The van der Waals surface area contributed by atoms with Crippen LogP contribution in [0.1, 0.15) is 13.8 Å². The Morgan fingerprint density at radius 3 is 1.68 bits per heavy atom. The zero-order chi connectivity index (χ0) is 15.3. The molecular weight excluding hydrogens is 286 g/mol. The van der Waals surface area contributed by atoms with Crippen LogP contribution in [0.25, 0.3) is 0 Å². The van der Waals surface area contributed by atoms with Crippen LogP contribution in [0, 0.1) is 0 Å². The quantitative estimate of drug-likeness (QED) is 0.663. The summed E-state index contributed by atoms with van der Waals surface area (Å²) < 4.78 is 86.1. The van der Waals surface area contributed by atoms with E-state index < -0.39 is 44.3 Å². The molecule has 4 nitrogen and oxygen atoms in total. The Balaban J connectivity index is 4.14. The van der Waals surface area contributed by atoms with E-state index >= 15 is 0 Å². The van der Waals surface area contributed by atoms with E-state index in [0.29, 0.717) is 0 Å². The van der Waals surface area contributed by atoms with E-state index in [1.54, 1.807) is 0 Å².